The lowest BCUT2D eigenvalue weighted by Gasteiger charge is -2.30. The summed E-state index contributed by atoms with van der Waals surface area (Å²) in [6.45, 7) is 5.12. The van der Waals surface area contributed by atoms with Gasteiger partial charge >= 0.3 is 0 Å². The van der Waals surface area contributed by atoms with Gasteiger partial charge in [0.15, 0.2) is 17.2 Å². The number of hydrogen-bond acceptors (Lipinski definition) is 5. The molecule has 0 unspecified atom stereocenters. The Labute approximate surface area is 140 Å². The van der Waals surface area contributed by atoms with Crippen LogP contribution in [0.3, 0.4) is 0 Å². The van der Waals surface area contributed by atoms with Crippen LogP contribution in [0.5, 0.6) is 5.75 Å². The lowest BCUT2D eigenvalue weighted by Crippen LogP contribution is -2.46. The Kier molecular flexibility index (Phi) is 3.71. The molecule has 8 heteroatoms. The molecular weight excluding hydrogens is 330 g/mol. The fourth-order valence-corrected chi connectivity index (χ4v) is 3.22. The highest BCUT2D eigenvalue weighted by Crippen LogP contribution is 2.34. The molecule has 0 atom stereocenters. The van der Waals surface area contributed by atoms with E-state index >= 15 is 0 Å². The highest BCUT2D eigenvalue weighted by molar-refractivity contribution is 7.92. The predicted octanol–water partition coefficient (Wildman–Crippen LogP) is 2.30. The number of nitrogens with one attached hydrogen (secondary N) is 2. The monoisotopic (exact) mass is 347 g/mol. The summed E-state index contributed by atoms with van der Waals surface area (Å²) in [6, 6.07) is 8.00. The van der Waals surface area contributed by atoms with Crippen molar-refractivity contribution in [1.29, 1.82) is 0 Å². The average Bonchev–Trinajstić information content (AvgIpc) is 2.48. The van der Waals surface area contributed by atoms with Crippen LogP contribution in [-0.2, 0) is 14.8 Å². The van der Waals surface area contributed by atoms with Gasteiger partial charge in [-0.15, -0.1) is 0 Å². The van der Waals surface area contributed by atoms with E-state index in [1.165, 1.54) is 24.4 Å². The summed E-state index contributed by atoms with van der Waals surface area (Å²) in [4.78, 5) is 16.0. The minimum atomic E-state index is -3.73. The van der Waals surface area contributed by atoms with Gasteiger partial charge in [-0.2, -0.15) is 0 Å². The maximum absolute atomic E-state index is 12.4. The molecule has 0 saturated heterocycles. The topological polar surface area (TPSA) is 97.4 Å². The third-order valence-electron chi connectivity index (χ3n) is 3.58. The molecule has 0 aliphatic carbocycles. The SMILES string of the molecule is Cc1ccc(S(=O)(=O)Nc2cnc3c(c2)OC(C)(C)C(=O)N3)cc1. The van der Waals surface area contributed by atoms with Crippen LogP contribution in [0.4, 0.5) is 11.5 Å². The number of hydrogen-bond donors (Lipinski definition) is 2. The quantitative estimate of drug-likeness (QED) is 0.888. The first-order valence-corrected chi connectivity index (χ1v) is 8.76. The second kappa shape index (κ2) is 5.48. The average molecular weight is 347 g/mol. The second-order valence-electron chi connectivity index (χ2n) is 6.06. The fraction of sp³-hybridized carbons (Fsp3) is 0.250. The zero-order valence-electron chi connectivity index (χ0n) is 13.5. The third kappa shape index (κ3) is 3.05. The van der Waals surface area contributed by atoms with Gasteiger partial charge in [0.1, 0.15) is 0 Å². The minimum absolute atomic E-state index is 0.153. The first-order valence-electron chi connectivity index (χ1n) is 7.27. The van der Waals surface area contributed by atoms with Gasteiger partial charge in [-0.25, -0.2) is 13.4 Å². The molecule has 0 fully saturated rings. The molecule has 1 aromatic carbocycles. The maximum Gasteiger partial charge on any atom is 0.269 e. The Hall–Kier alpha value is -2.61. The fourth-order valence-electron chi connectivity index (χ4n) is 2.18. The molecule has 24 heavy (non-hydrogen) atoms. The second-order valence-corrected chi connectivity index (χ2v) is 7.74. The molecule has 0 bridgehead atoms. The molecule has 2 N–H and O–H groups in total. The van der Waals surface area contributed by atoms with Crippen molar-refractivity contribution in [1.82, 2.24) is 4.98 Å². The van der Waals surface area contributed by atoms with Gasteiger partial charge < -0.3 is 10.1 Å². The molecule has 0 saturated carbocycles. The highest BCUT2D eigenvalue weighted by Gasteiger charge is 2.36. The molecule has 1 amide bonds. The number of benzene rings is 1. The molecule has 2 aromatic rings. The molecule has 0 spiro atoms. The number of carbonyl (C=O) groups excluding carboxylic acids is 1. The summed E-state index contributed by atoms with van der Waals surface area (Å²) in [6.07, 6.45) is 1.33. The van der Waals surface area contributed by atoms with Crippen molar-refractivity contribution in [3.05, 3.63) is 42.1 Å². The van der Waals surface area contributed by atoms with Crippen LogP contribution < -0.4 is 14.8 Å². The molecule has 0 radical (unpaired) electrons. The largest absolute Gasteiger partial charge is 0.474 e. The van der Waals surface area contributed by atoms with E-state index in [1.54, 1.807) is 26.0 Å². The van der Waals surface area contributed by atoms with Gasteiger partial charge in [-0.05, 0) is 32.9 Å². The van der Waals surface area contributed by atoms with E-state index < -0.39 is 15.6 Å². The number of rotatable bonds is 3. The first kappa shape index (κ1) is 16.3. The standard InChI is InChI=1S/C16H17N3O4S/c1-10-4-6-12(7-5-10)24(21,22)19-11-8-13-14(17-9-11)18-15(20)16(2,3)23-13/h4-9,19H,1-3H3,(H,17,18,20). The molecule has 7 nitrogen and oxygen atoms in total. The van der Waals surface area contributed by atoms with Gasteiger partial charge in [-0.1, -0.05) is 17.7 Å². The minimum Gasteiger partial charge on any atom is -0.474 e. The summed E-state index contributed by atoms with van der Waals surface area (Å²) >= 11 is 0. The lowest BCUT2D eigenvalue weighted by atomic mass is 10.1. The number of nitrogens with zero attached hydrogens (tertiary/aromatic N) is 1. The molecule has 1 aliphatic heterocycles. The van der Waals surface area contributed by atoms with E-state index in [4.69, 9.17) is 4.74 Å². The van der Waals surface area contributed by atoms with E-state index in [1.807, 2.05) is 6.92 Å². The molecule has 1 aromatic heterocycles. The summed E-state index contributed by atoms with van der Waals surface area (Å²) in [5, 5.41) is 2.63. The summed E-state index contributed by atoms with van der Waals surface area (Å²) in [5.74, 6) is 0.261. The highest BCUT2D eigenvalue weighted by atomic mass is 32.2. The first-order chi connectivity index (χ1) is 11.2. The summed E-state index contributed by atoms with van der Waals surface area (Å²) < 4.78 is 32.9. The van der Waals surface area contributed by atoms with Gasteiger partial charge in [-0.3, -0.25) is 9.52 Å². The lowest BCUT2D eigenvalue weighted by molar-refractivity contribution is -0.129. The van der Waals surface area contributed by atoms with Crippen LogP contribution in [0, 0.1) is 6.92 Å². The van der Waals surface area contributed by atoms with Gasteiger partial charge in [0.25, 0.3) is 15.9 Å². The van der Waals surface area contributed by atoms with E-state index in [2.05, 4.69) is 15.0 Å². The van der Waals surface area contributed by atoms with Gasteiger partial charge in [0.05, 0.1) is 16.8 Å². The molecular formula is C16H17N3O4S. The van der Waals surface area contributed by atoms with Gasteiger partial charge in [0.2, 0.25) is 0 Å². The Morgan fingerprint density at radius 2 is 1.88 bits per heavy atom. The van der Waals surface area contributed by atoms with Crippen molar-refractivity contribution in [2.45, 2.75) is 31.3 Å². The Morgan fingerprint density at radius 3 is 2.54 bits per heavy atom. The number of aryl methyl sites for hydroxylation is 1. The van der Waals surface area contributed by atoms with E-state index in [0.717, 1.165) is 5.56 Å². The van der Waals surface area contributed by atoms with E-state index in [9.17, 15) is 13.2 Å². The summed E-state index contributed by atoms with van der Waals surface area (Å²) in [5.41, 5.74) is 0.167. The normalized spacial score (nSPS) is 15.9. The molecule has 126 valence electrons. The van der Waals surface area contributed by atoms with Crippen molar-refractivity contribution < 1.29 is 17.9 Å². The number of sulfonamides is 1. The van der Waals surface area contributed by atoms with E-state index in [-0.39, 0.29) is 22.3 Å². The number of amides is 1. The van der Waals surface area contributed by atoms with Crippen molar-refractivity contribution in [3.8, 4) is 5.75 Å². The Bertz CT molecular complexity index is 905. The van der Waals surface area contributed by atoms with Crippen LogP contribution in [0.1, 0.15) is 19.4 Å². The third-order valence-corrected chi connectivity index (χ3v) is 4.98. The zero-order valence-corrected chi connectivity index (χ0v) is 14.3. The zero-order chi connectivity index (χ0) is 17.5. The van der Waals surface area contributed by atoms with Crippen molar-refractivity contribution in [2.24, 2.45) is 0 Å². The number of pyridine rings is 1. The Balaban J connectivity index is 1.89. The van der Waals surface area contributed by atoms with Crippen molar-refractivity contribution in [3.63, 3.8) is 0 Å². The van der Waals surface area contributed by atoms with Crippen molar-refractivity contribution >= 4 is 27.4 Å². The van der Waals surface area contributed by atoms with Crippen LogP contribution in [-0.4, -0.2) is 24.9 Å². The maximum atomic E-state index is 12.4. The summed E-state index contributed by atoms with van der Waals surface area (Å²) in [7, 11) is -3.73. The number of anilines is 2. The molecule has 3 rings (SSSR count). The smallest absolute Gasteiger partial charge is 0.269 e. The van der Waals surface area contributed by atoms with Crippen molar-refractivity contribution in [2.75, 3.05) is 10.0 Å². The predicted molar refractivity (Wildman–Crippen MR) is 89.6 cm³/mol. The number of fused-ring (bicyclic) bond motifs is 1. The number of carbonyl (C=O) groups is 1. The van der Waals surface area contributed by atoms with Crippen LogP contribution in [0.2, 0.25) is 0 Å². The van der Waals surface area contributed by atoms with Crippen LogP contribution in [0.25, 0.3) is 0 Å². The molecule has 1 aliphatic rings. The van der Waals surface area contributed by atoms with Crippen LogP contribution >= 0.6 is 0 Å². The van der Waals surface area contributed by atoms with Gasteiger partial charge in [0, 0.05) is 6.07 Å². The van der Waals surface area contributed by atoms with E-state index in [0.29, 0.717) is 5.75 Å². The molecule has 2 heterocycles. The Morgan fingerprint density at radius 1 is 1.21 bits per heavy atom. The van der Waals surface area contributed by atoms with Crippen LogP contribution in [0.15, 0.2) is 41.4 Å². The number of ether oxygens (including phenoxy) is 1. The number of aromatic nitrogens is 1.